The van der Waals surface area contributed by atoms with Gasteiger partial charge in [0, 0.05) is 50.4 Å². The Bertz CT molecular complexity index is 766. The molecule has 2 aliphatic rings. The van der Waals surface area contributed by atoms with E-state index in [4.69, 9.17) is 4.74 Å². The number of carbonyl (C=O) groups excluding carboxylic acids is 1. The highest BCUT2D eigenvalue weighted by Crippen LogP contribution is 2.27. The number of aliphatic imine (C=N–C) groups is 1. The molecule has 1 aromatic heterocycles. The Hall–Kier alpha value is -2.52. The molecule has 0 spiro atoms. The quantitative estimate of drug-likeness (QED) is 0.524. The fraction of sp³-hybridized carbons (Fsp3) is 0.667. The molecule has 0 bridgehead atoms. The van der Waals surface area contributed by atoms with E-state index >= 15 is 0 Å². The number of pyridine rings is 1. The topological polar surface area (TPSA) is 78.9 Å². The normalized spacial score (nSPS) is 20.6. The Balaban J connectivity index is 1.49. The van der Waals surface area contributed by atoms with Crippen LogP contribution in [0, 0.1) is 5.92 Å². The number of amides is 1. The molecule has 1 atom stereocenters. The monoisotopic (exact) mass is 441 g/mol. The van der Waals surface area contributed by atoms with Crippen LogP contribution in [-0.2, 0) is 11.3 Å². The second-order valence-electron chi connectivity index (χ2n) is 8.05. The standard InChI is InChI=1S/C21H30F3N5O2/c1-25-20(27-12-16-8-5-10-26-18(16)31-14-21(22,23)24)28-17-9-11-29(13-17)19(30)15-6-3-2-4-7-15/h5,8,10,15,17H,2-4,6-7,9,11-14H2,1H3,(H2,25,27,28). The van der Waals surface area contributed by atoms with Gasteiger partial charge in [-0.2, -0.15) is 13.2 Å². The SMILES string of the molecule is CN=C(NCc1cccnc1OCC(F)(F)F)NC1CCN(C(=O)C2CCCCC2)C1. The van der Waals surface area contributed by atoms with Gasteiger partial charge in [-0.1, -0.05) is 25.3 Å². The maximum atomic E-state index is 12.7. The number of carbonyl (C=O) groups is 1. The van der Waals surface area contributed by atoms with Crippen LogP contribution in [0.1, 0.15) is 44.1 Å². The van der Waals surface area contributed by atoms with Crippen molar-refractivity contribution in [3.05, 3.63) is 23.9 Å². The van der Waals surface area contributed by atoms with Crippen molar-refractivity contribution in [2.75, 3.05) is 26.7 Å². The van der Waals surface area contributed by atoms with E-state index in [0.717, 1.165) is 38.6 Å². The number of nitrogens with one attached hydrogen (secondary N) is 2. The summed E-state index contributed by atoms with van der Waals surface area (Å²) in [5.41, 5.74) is 0.496. The third-order valence-corrected chi connectivity index (χ3v) is 5.69. The largest absolute Gasteiger partial charge is 0.468 e. The molecule has 1 aliphatic carbocycles. The number of rotatable bonds is 6. The van der Waals surface area contributed by atoms with Gasteiger partial charge in [0.15, 0.2) is 12.6 Å². The highest BCUT2D eigenvalue weighted by Gasteiger charge is 2.32. The van der Waals surface area contributed by atoms with E-state index in [9.17, 15) is 18.0 Å². The summed E-state index contributed by atoms with van der Waals surface area (Å²) in [6.45, 7) is 0.167. The van der Waals surface area contributed by atoms with Crippen LogP contribution in [0.4, 0.5) is 13.2 Å². The lowest BCUT2D eigenvalue weighted by atomic mass is 9.88. The van der Waals surface area contributed by atoms with Gasteiger partial charge in [-0.3, -0.25) is 9.79 Å². The molecule has 0 aromatic carbocycles. The average Bonchev–Trinajstić information content (AvgIpc) is 3.23. The Morgan fingerprint density at radius 3 is 2.77 bits per heavy atom. The molecule has 1 aromatic rings. The van der Waals surface area contributed by atoms with Crippen molar-refractivity contribution in [1.82, 2.24) is 20.5 Å². The van der Waals surface area contributed by atoms with Gasteiger partial charge in [0.25, 0.3) is 0 Å². The third-order valence-electron chi connectivity index (χ3n) is 5.69. The third kappa shape index (κ3) is 7.00. The number of halogens is 3. The van der Waals surface area contributed by atoms with Crippen LogP contribution < -0.4 is 15.4 Å². The van der Waals surface area contributed by atoms with Gasteiger partial charge in [-0.25, -0.2) is 4.98 Å². The number of likely N-dealkylation sites (tertiary alicyclic amines) is 1. The summed E-state index contributed by atoms with van der Waals surface area (Å²) in [4.78, 5) is 22.8. The zero-order valence-corrected chi connectivity index (χ0v) is 17.7. The van der Waals surface area contributed by atoms with Crippen molar-refractivity contribution < 1.29 is 22.7 Å². The van der Waals surface area contributed by atoms with Gasteiger partial charge in [0.1, 0.15) is 0 Å². The lowest BCUT2D eigenvalue weighted by Gasteiger charge is -2.26. The summed E-state index contributed by atoms with van der Waals surface area (Å²) in [7, 11) is 1.62. The number of hydrogen-bond acceptors (Lipinski definition) is 4. The van der Waals surface area contributed by atoms with Crippen molar-refractivity contribution in [1.29, 1.82) is 0 Å². The Morgan fingerprint density at radius 1 is 1.29 bits per heavy atom. The van der Waals surface area contributed by atoms with Gasteiger partial charge in [0.05, 0.1) is 0 Å². The predicted molar refractivity (Wildman–Crippen MR) is 111 cm³/mol. The zero-order valence-electron chi connectivity index (χ0n) is 17.7. The summed E-state index contributed by atoms with van der Waals surface area (Å²) in [5, 5.41) is 6.39. The molecule has 2 N–H and O–H groups in total. The van der Waals surface area contributed by atoms with E-state index in [1.165, 1.54) is 12.6 Å². The van der Waals surface area contributed by atoms with Gasteiger partial charge in [-0.15, -0.1) is 0 Å². The number of aromatic nitrogens is 1. The average molecular weight is 441 g/mol. The number of guanidine groups is 1. The minimum absolute atomic E-state index is 0.0621. The summed E-state index contributed by atoms with van der Waals surface area (Å²) in [6.07, 6.45) is 3.24. The number of alkyl halides is 3. The van der Waals surface area contributed by atoms with Crippen LogP contribution in [0.5, 0.6) is 5.88 Å². The van der Waals surface area contributed by atoms with Crippen molar-refractivity contribution in [3.63, 3.8) is 0 Å². The first-order valence-corrected chi connectivity index (χ1v) is 10.7. The highest BCUT2D eigenvalue weighted by molar-refractivity contribution is 5.81. The van der Waals surface area contributed by atoms with Crippen molar-refractivity contribution >= 4 is 11.9 Å². The molecule has 0 radical (unpaired) electrons. The molecule has 1 saturated heterocycles. The van der Waals surface area contributed by atoms with Gasteiger partial charge in [0.2, 0.25) is 11.8 Å². The second kappa shape index (κ2) is 10.7. The van der Waals surface area contributed by atoms with Crippen LogP contribution in [0.3, 0.4) is 0 Å². The molecular formula is C21H30F3N5O2. The first-order valence-electron chi connectivity index (χ1n) is 10.7. The van der Waals surface area contributed by atoms with E-state index in [0.29, 0.717) is 18.1 Å². The molecule has 1 amide bonds. The van der Waals surface area contributed by atoms with Crippen LogP contribution in [0.25, 0.3) is 0 Å². The Labute approximate surface area is 180 Å². The molecule has 2 heterocycles. The fourth-order valence-corrected chi connectivity index (χ4v) is 4.09. The fourth-order valence-electron chi connectivity index (χ4n) is 4.09. The molecule has 1 saturated carbocycles. The van der Waals surface area contributed by atoms with E-state index in [1.807, 2.05) is 4.90 Å². The van der Waals surface area contributed by atoms with Gasteiger partial charge < -0.3 is 20.3 Å². The minimum Gasteiger partial charge on any atom is -0.468 e. The minimum atomic E-state index is -4.43. The molecule has 31 heavy (non-hydrogen) atoms. The molecular weight excluding hydrogens is 411 g/mol. The number of hydrogen-bond donors (Lipinski definition) is 2. The zero-order chi connectivity index (χ0) is 22.3. The predicted octanol–water partition coefficient (Wildman–Crippen LogP) is 2.87. The number of nitrogens with zero attached hydrogens (tertiary/aromatic N) is 3. The van der Waals surface area contributed by atoms with Gasteiger partial charge >= 0.3 is 6.18 Å². The van der Waals surface area contributed by atoms with Crippen LogP contribution in [0.15, 0.2) is 23.3 Å². The van der Waals surface area contributed by atoms with E-state index in [2.05, 4.69) is 20.6 Å². The summed E-state index contributed by atoms with van der Waals surface area (Å²) in [5.74, 6) is 0.870. The number of ether oxygens (including phenoxy) is 1. The molecule has 10 heteroatoms. The smallest absolute Gasteiger partial charge is 0.422 e. The molecule has 1 aliphatic heterocycles. The summed E-state index contributed by atoms with van der Waals surface area (Å²) < 4.78 is 42.2. The van der Waals surface area contributed by atoms with Gasteiger partial charge in [-0.05, 0) is 25.3 Å². The van der Waals surface area contributed by atoms with Crippen molar-refractivity contribution in [2.45, 2.75) is 57.3 Å². The van der Waals surface area contributed by atoms with Crippen molar-refractivity contribution in [2.24, 2.45) is 10.9 Å². The molecule has 2 fully saturated rings. The van der Waals surface area contributed by atoms with Crippen LogP contribution in [-0.4, -0.2) is 60.7 Å². The van der Waals surface area contributed by atoms with Crippen molar-refractivity contribution in [3.8, 4) is 5.88 Å². The van der Waals surface area contributed by atoms with Crippen LogP contribution >= 0.6 is 0 Å². The van der Waals surface area contributed by atoms with E-state index in [1.54, 1.807) is 19.2 Å². The summed E-state index contributed by atoms with van der Waals surface area (Å²) >= 11 is 0. The molecule has 7 nitrogen and oxygen atoms in total. The van der Waals surface area contributed by atoms with Crippen LogP contribution in [0.2, 0.25) is 0 Å². The molecule has 172 valence electrons. The molecule has 1 unspecified atom stereocenters. The van der Waals surface area contributed by atoms with E-state index < -0.39 is 12.8 Å². The first-order chi connectivity index (χ1) is 14.9. The maximum absolute atomic E-state index is 12.7. The maximum Gasteiger partial charge on any atom is 0.422 e. The first kappa shape index (κ1) is 23.1. The highest BCUT2D eigenvalue weighted by atomic mass is 19.4. The Kier molecular flexibility index (Phi) is 7.97. The van der Waals surface area contributed by atoms with E-state index in [-0.39, 0.29) is 30.3 Å². The molecule has 3 rings (SSSR count). The lowest BCUT2D eigenvalue weighted by Crippen LogP contribution is -2.45. The summed E-state index contributed by atoms with van der Waals surface area (Å²) in [6, 6.07) is 3.37. The second-order valence-corrected chi connectivity index (χ2v) is 8.05. The lowest BCUT2D eigenvalue weighted by molar-refractivity contribution is -0.154. The Morgan fingerprint density at radius 2 is 2.06 bits per heavy atom.